The summed E-state index contributed by atoms with van der Waals surface area (Å²) in [7, 11) is 4.70. The summed E-state index contributed by atoms with van der Waals surface area (Å²) < 4.78 is 7.04. The number of hydrogen-bond acceptors (Lipinski definition) is 3. The summed E-state index contributed by atoms with van der Waals surface area (Å²) in [5.74, 6) is 0.730. The molecule has 0 spiro atoms. The van der Waals surface area contributed by atoms with Crippen molar-refractivity contribution >= 4 is 32.8 Å². The first-order chi connectivity index (χ1) is 7.79. The maximum absolute atomic E-state index is 5.92. The van der Waals surface area contributed by atoms with Crippen LogP contribution in [0.25, 0.3) is 0 Å². The number of hydrogen-bond donors (Lipinski definition) is 0. The average molecular weight is 268 g/mol. The third-order valence-electron chi connectivity index (χ3n) is 3.49. The van der Waals surface area contributed by atoms with Crippen LogP contribution in [0.15, 0.2) is 6.20 Å². The van der Waals surface area contributed by atoms with Crippen LogP contribution in [-0.4, -0.2) is 23.2 Å². The Hall–Kier alpha value is 0.0849. The second-order valence-corrected chi connectivity index (χ2v) is 8.38. The van der Waals surface area contributed by atoms with E-state index >= 15 is 0 Å². The van der Waals surface area contributed by atoms with Crippen LogP contribution in [0.1, 0.15) is 51.5 Å². The highest BCUT2D eigenvalue weighted by Crippen LogP contribution is 2.40. The molecule has 1 aromatic heterocycles. The Bertz CT molecular complexity index is 395. The van der Waals surface area contributed by atoms with Crippen molar-refractivity contribution in [2.45, 2.75) is 57.2 Å². The molecule has 0 aliphatic heterocycles. The summed E-state index contributed by atoms with van der Waals surface area (Å²) >= 11 is 1.76. The van der Waals surface area contributed by atoms with Gasteiger partial charge in [0.15, 0.2) is 0 Å². The molecule has 1 unspecified atom stereocenters. The van der Waals surface area contributed by atoms with Gasteiger partial charge >= 0.3 is 7.48 Å². The Morgan fingerprint density at radius 3 is 2.59 bits per heavy atom. The van der Waals surface area contributed by atoms with Crippen LogP contribution in [0, 0.1) is 0 Å². The van der Waals surface area contributed by atoms with E-state index in [0.717, 1.165) is 10.7 Å². The molecule has 1 aromatic rings. The van der Waals surface area contributed by atoms with Crippen molar-refractivity contribution in [3.63, 3.8) is 0 Å². The van der Waals surface area contributed by atoms with Crippen LogP contribution < -0.4 is 4.78 Å². The van der Waals surface area contributed by atoms with E-state index in [1.54, 1.807) is 11.3 Å². The highest BCUT2D eigenvalue weighted by Gasteiger charge is 2.34. The van der Waals surface area contributed by atoms with Gasteiger partial charge in [-0.25, -0.2) is 4.98 Å². The van der Waals surface area contributed by atoms with Gasteiger partial charge in [-0.2, -0.15) is 0 Å². The van der Waals surface area contributed by atoms with Crippen molar-refractivity contribution in [1.29, 1.82) is 0 Å². The quantitative estimate of drug-likeness (QED) is 0.605. The summed E-state index contributed by atoms with van der Waals surface area (Å²) in [6.07, 6.45) is 4.53. The monoisotopic (exact) mass is 268 g/mol. The fourth-order valence-electron chi connectivity index (χ4n) is 1.23. The molecule has 2 nitrogen and oxygen atoms in total. The molecule has 0 saturated heterocycles. The fourth-order valence-corrected chi connectivity index (χ4v) is 2.25. The van der Waals surface area contributed by atoms with E-state index in [1.165, 1.54) is 17.8 Å². The SMILES string of the molecule is CC(C)(P)C(C)(C)O[B]c1cnc(C2CC2)s1. The van der Waals surface area contributed by atoms with Gasteiger partial charge in [0.05, 0.1) is 10.6 Å². The lowest BCUT2D eigenvalue weighted by atomic mass is 9.89. The molecule has 1 heterocycles. The third kappa shape index (κ3) is 3.30. The lowest BCUT2D eigenvalue weighted by molar-refractivity contribution is 0.0842. The van der Waals surface area contributed by atoms with E-state index < -0.39 is 0 Å². The summed E-state index contributed by atoms with van der Waals surface area (Å²) in [5.41, 5.74) is -0.207. The van der Waals surface area contributed by atoms with Crippen molar-refractivity contribution < 1.29 is 4.65 Å². The maximum atomic E-state index is 5.92. The van der Waals surface area contributed by atoms with E-state index in [-0.39, 0.29) is 10.8 Å². The topological polar surface area (TPSA) is 22.1 Å². The zero-order valence-electron chi connectivity index (χ0n) is 11.0. The number of nitrogens with zero attached hydrogens (tertiary/aromatic N) is 1. The van der Waals surface area contributed by atoms with Crippen LogP contribution in [0.2, 0.25) is 0 Å². The van der Waals surface area contributed by atoms with Gasteiger partial charge in [-0.15, -0.1) is 20.6 Å². The van der Waals surface area contributed by atoms with Crippen molar-refractivity contribution in [2.24, 2.45) is 0 Å². The standard InChI is InChI=1S/C12H20BNOPS/c1-11(2,12(3,4)16)15-13-9-7-14-10(17-9)8-5-6-8/h7-8H,5-6,16H2,1-4H3. The zero-order valence-corrected chi connectivity index (χ0v) is 13.0. The summed E-state index contributed by atoms with van der Waals surface area (Å²) in [6.45, 7) is 8.54. The molecule has 2 rings (SSSR count). The first kappa shape index (κ1) is 13.5. The number of aromatic nitrogens is 1. The summed E-state index contributed by atoms with van der Waals surface area (Å²) in [6, 6.07) is 0. The van der Waals surface area contributed by atoms with Gasteiger partial charge < -0.3 is 4.65 Å². The molecule has 1 aliphatic carbocycles. The van der Waals surface area contributed by atoms with Gasteiger partial charge in [-0.3, -0.25) is 0 Å². The molecular weight excluding hydrogens is 248 g/mol. The van der Waals surface area contributed by atoms with Crippen LogP contribution >= 0.6 is 20.6 Å². The van der Waals surface area contributed by atoms with Crippen molar-refractivity contribution in [3.8, 4) is 0 Å². The molecule has 1 aliphatic rings. The lowest BCUT2D eigenvalue weighted by Crippen LogP contribution is -2.44. The Kier molecular flexibility index (Phi) is 3.69. The van der Waals surface area contributed by atoms with Gasteiger partial charge in [0.25, 0.3) is 0 Å². The summed E-state index contributed by atoms with van der Waals surface area (Å²) in [5, 5.41) is 1.30. The molecule has 1 saturated carbocycles. The molecule has 1 radical (unpaired) electrons. The minimum absolute atomic E-state index is 0.0352. The van der Waals surface area contributed by atoms with Gasteiger partial charge in [0.1, 0.15) is 0 Å². The van der Waals surface area contributed by atoms with Gasteiger partial charge in [-0.05, 0) is 26.7 Å². The number of rotatable bonds is 5. The van der Waals surface area contributed by atoms with Crippen LogP contribution in [0.5, 0.6) is 0 Å². The van der Waals surface area contributed by atoms with Crippen LogP contribution in [-0.2, 0) is 4.65 Å². The summed E-state index contributed by atoms with van der Waals surface area (Å²) in [4.78, 5) is 4.44. The Labute approximate surface area is 111 Å². The van der Waals surface area contributed by atoms with Crippen molar-refractivity contribution in [1.82, 2.24) is 4.98 Å². The number of thiazole rings is 1. The van der Waals surface area contributed by atoms with Crippen LogP contribution in [0.3, 0.4) is 0 Å². The lowest BCUT2D eigenvalue weighted by Gasteiger charge is -2.38. The Morgan fingerprint density at radius 2 is 2.06 bits per heavy atom. The van der Waals surface area contributed by atoms with E-state index in [4.69, 9.17) is 4.65 Å². The van der Waals surface area contributed by atoms with Gasteiger partial charge in [-0.1, -0.05) is 13.8 Å². The van der Waals surface area contributed by atoms with Crippen molar-refractivity contribution in [2.75, 3.05) is 0 Å². The normalized spacial score (nSPS) is 17.2. The zero-order chi connectivity index (χ0) is 12.7. The molecule has 93 valence electrons. The van der Waals surface area contributed by atoms with E-state index in [0.29, 0.717) is 0 Å². The average Bonchev–Trinajstić information content (AvgIpc) is 2.94. The van der Waals surface area contributed by atoms with Crippen LogP contribution in [0.4, 0.5) is 0 Å². The molecule has 0 N–H and O–H groups in total. The fraction of sp³-hybridized carbons (Fsp3) is 0.750. The predicted octanol–water partition coefficient (Wildman–Crippen LogP) is 2.71. The largest absolute Gasteiger partial charge is 0.428 e. The van der Waals surface area contributed by atoms with E-state index in [1.807, 2.05) is 13.7 Å². The van der Waals surface area contributed by atoms with Gasteiger partial charge in [0, 0.05) is 22.0 Å². The molecule has 0 bridgehead atoms. The van der Waals surface area contributed by atoms with Gasteiger partial charge in [0.2, 0.25) is 0 Å². The minimum atomic E-state index is -0.207. The third-order valence-corrected chi connectivity index (χ3v) is 5.27. The second kappa shape index (κ2) is 4.64. The van der Waals surface area contributed by atoms with E-state index in [9.17, 15) is 0 Å². The molecular formula is C12H20BNOPS. The first-order valence-corrected chi connectivity index (χ1v) is 7.44. The molecule has 1 atom stereocenters. The molecule has 0 aromatic carbocycles. The minimum Gasteiger partial charge on any atom is -0.428 e. The van der Waals surface area contributed by atoms with Crippen molar-refractivity contribution in [3.05, 3.63) is 11.2 Å². The highest BCUT2D eigenvalue weighted by molar-refractivity contribution is 7.20. The molecule has 0 amide bonds. The first-order valence-electron chi connectivity index (χ1n) is 6.05. The smallest absolute Gasteiger partial charge is 0.343 e. The predicted molar refractivity (Wildman–Crippen MR) is 78.4 cm³/mol. The molecule has 5 heteroatoms. The molecule has 17 heavy (non-hydrogen) atoms. The molecule has 1 fully saturated rings. The Morgan fingerprint density at radius 1 is 1.41 bits per heavy atom. The highest BCUT2D eigenvalue weighted by atomic mass is 32.1. The van der Waals surface area contributed by atoms with E-state index in [2.05, 4.69) is 41.9 Å². The second-order valence-electron chi connectivity index (χ2n) is 5.84. The Balaban J connectivity index is 1.92. The maximum Gasteiger partial charge on any atom is 0.343 e.